The average molecular weight is 433 g/mol. The second-order valence-corrected chi connectivity index (χ2v) is 7.55. The van der Waals surface area contributed by atoms with Gasteiger partial charge in [-0.15, -0.1) is 5.10 Å². The van der Waals surface area contributed by atoms with Crippen LogP contribution in [0.25, 0.3) is 5.78 Å². The summed E-state index contributed by atoms with van der Waals surface area (Å²) < 4.78 is 39.8. The van der Waals surface area contributed by atoms with Crippen molar-refractivity contribution in [2.75, 3.05) is 23.3 Å². The molecule has 3 aromatic heterocycles. The highest BCUT2D eigenvalue weighted by molar-refractivity contribution is 5.90. The van der Waals surface area contributed by atoms with Crippen molar-refractivity contribution < 1.29 is 18.0 Å². The van der Waals surface area contributed by atoms with Crippen LogP contribution in [0.15, 0.2) is 18.3 Å². The first-order valence-corrected chi connectivity index (χ1v) is 10.0. The molecule has 31 heavy (non-hydrogen) atoms. The molecule has 8 nitrogen and oxygen atoms in total. The van der Waals surface area contributed by atoms with E-state index in [9.17, 15) is 18.0 Å². The first-order chi connectivity index (χ1) is 14.7. The summed E-state index contributed by atoms with van der Waals surface area (Å²) >= 11 is 0. The van der Waals surface area contributed by atoms with Gasteiger partial charge in [0.15, 0.2) is 0 Å². The Morgan fingerprint density at radius 3 is 2.55 bits per heavy atom. The molecule has 1 aliphatic heterocycles. The summed E-state index contributed by atoms with van der Waals surface area (Å²) in [4.78, 5) is 26.6. The summed E-state index contributed by atoms with van der Waals surface area (Å²) in [5.74, 6) is -0.668. The van der Waals surface area contributed by atoms with Crippen LogP contribution in [0.3, 0.4) is 0 Å². The number of carbonyl (C=O) groups excluding carboxylic acids is 1. The van der Waals surface area contributed by atoms with Crippen molar-refractivity contribution in [1.82, 2.24) is 24.6 Å². The van der Waals surface area contributed by atoms with E-state index in [2.05, 4.69) is 30.3 Å². The normalized spacial score (nSPS) is 14.4. The fraction of sp³-hybridized carbons (Fsp3) is 0.450. The van der Waals surface area contributed by atoms with Crippen LogP contribution in [0.5, 0.6) is 0 Å². The molecule has 0 spiro atoms. The van der Waals surface area contributed by atoms with Crippen LogP contribution < -0.4 is 10.2 Å². The van der Waals surface area contributed by atoms with Gasteiger partial charge in [-0.05, 0) is 50.8 Å². The number of pyridine rings is 1. The van der Waals surface area contributed by atoms with E-state index in [4.69, 9.17) is 0 Å². The van der Waals surface area contributed by atoms with Crippen molar-refractivity contribution in [2.24, 2.45) is 0 Å². The van der Waals surface area contributed by atoms with E-state index in [0.717, 1.165) is 36.3 Å². The number of aromatic nitrogens is 5. The number of aryl methyl sites for hydroxylation is 2. The minimum atomic E-state index is -4.65. The minimum absolute atomic E-state index is 0.111. The number of anilines is 2. The van der Waals surface area contributed by atoms with Gasteiger partial charge in [-0.25, -0.2) is 14.5 Å². The molecule has 0 aliphatic carbocycles. The van der Waals surface area contributed by atoms with Gasteiger partial charge in [-0.3, -0.25) is 4.79 Å². The topological polar surface area (TPSA) is 88.3 Å². The van der Waals surface area contributed by atoms with Crippen molar-refractivity contribution in [2.45, 2.75) is 45.7 Å². The molecule has 1 saturated heterocycles. The molecular weight excluding hydrogens is 411 g/mol. The maximum atomic E-state index is 12.9. The third-order valence-electron chi connectivity index (χ3n) is 5.37. The smallest absolute Gasteiger partial charge is 0.357 e. The molecule has 4 heterocycles. The van der Waals surface area contributed by atoms with Crippen LogP contribution in [0, 0.1) is 13.8 Å². The predicted octanol–water partition coefficient (Wildman–Crippen LogP) is 3.33. The molecule has 164 valence electrons. The zero-order valence-electron chi connectivity index (χ0n) is 17.2. The summed E-state index contributed by atoms with van der Waals surface area (Å²) in [6.45, 7) is 5.31. The van der Waals surface area contributed by atoms with Crippen LogP contribution in [0.4, 0.5) is 24.7 Å². The monoisotopic (exact) mass is 433 g/mol. The van der Waals surface area contributed by atoms with E-state index in [1.54, 1.807) is 20.0 Å². The lowest BCUT2D eigenvalue weighted by atomic mass is 10.1. The van der Waals surface area contributed by atoms with Crippen molar-refractivity contribution in [3.63, 3.8) is 0 Å². The van der Waals surface area contributed by atoms with Crippen LogP contribution >= 0.6 is 0 Å². The zero-order valence-corrected chi connectivity index (χ0v) is 17.2. The standard InChI is InChI=1S/C20H22F3N7O/c1-12-15(13(2)30-19(25-12)27-18(28-30)20(21,22)23)6-8-17(31)26-14-5-7-16(24-11-14)29-9-3-4-10-29/h5,7,11H,3-4,6,8-10H2,1-2H3,(H,26,31). The Balaban J connectivity index is 1.43. The van der Waals surface area contributed by atoms with Crippen LogP contribution in [-0.4, -0.2) is 43.6 Å². The minimum Gasteiger partial charge on any atom is -0.357 e. The number of fused-ring (bicyclic) bond motifs is 1. The van der Waals surface area contributed by atoms with Gasteiger partial charge in [0.05, 0.1) is 11.9 Å². The molecule has 0 unspecified atom stereocenters. The second kappa shape index (κ2) is 8.12. The lowest BCUT2D eigenvalue weighted by Gasteiger charge is -2.16. The number of hydrogen-bond acceptors (Lipinski definition) is 6. The van der Waals surface area contributed by atoms with Gasteiger partial charge in [0.2, 0.25) is 5.91 Å². The van der Waals surface area contributed by atoms with Gasteiger partial charge in [0.25, 0.3) is 11.6 Å². The third-order valence-corrected chi connectivity index (χ3v) is 5.37. The van der Waals surface area contributed by atoms with Crippen molar-refractivity contribution >= 4 is 23.2 Å². The number of amides is 1. The fourth-order valence-corrected chi connectivity index (χ4v) is 3.75. The Labute approximate surface area is 176 Å². The Bertz CT molecular complexity index is 1100. The van der Waals surface area contributed by atoms with E-state index >= 15 is 0 Å². The van der Waals surface area contributed by atoms with Gasteiger partial charge in [0.1, 0.15) is 5.82 Å². The van der Waals surface area contributed by atoms with E-state index in [0.29, 0.717) is 29.1 Å². The summed E-state index contributed by atoms with van der Waals surface area (Å²) in [5, 5.41) is 6.33. The number of rotatable bonds is 5. The van der Waals surface area contributed by atoms with E-state index in [1.165, 1.54) is 0 Å². The molecule has 0 aromatic carbocycles. The molecule has 0 radical (unpaired) electrons. The molecule has 4 rings (SSSR count). The molecule has 1 aliphatic rings. The third kappa shape index (κ3) is 4.44. The summed E-state index contributed by atoms with van der Waals surface area (Å²) in [6.07, 6.45) is -0.246. The van der Waals surface area contributed by atoms with E-state index in [1.807, 2.05) is 12.1 Å². The number of halogens is 3. The molecule has 1 N–H and O–H groups in total. The fourth-order valence-electron chi connectivity index (χ4n) is 3.75. The van der Waals surface area contributed by atoms with Crippen LogP contribution in [0.1, 0.15) is 42.0 Å². The van der Waals surface area contributed by atoms with Crippen molar-refractivity contribution in [3.8, 4) is 0 Å². The highest BCUT2D eigenvalue weighted by Gasteiger charge is 2.37. The first kappa shape index (κ1) is 21.0. The number of hydrogen-bond donors (Lipinski definition) is 1. The quantitative estimate of drug-likeness (QED) is 0.664. The highest BCUT2D eigenvalue weighted by atomic mass is 19.4. The molecule has 1 fully saturated rings. The van der Waals surface area contributed by atoms with Gasteiger partial charge < -0.3 is 10.2 Å². The Kier molecular flexibility index (Phi) is 5.50. The van der Waals surface area contributed by atoms with Crippen LogP contribution in [-0.2, 0) is 17.4 Å². The second-order valence-electron chi connectivity index (χ2n) is 7.55. The van der Waals surface area contributed by atoms with Crippen molar-refractivity contribution in [1.29, 1.82) is 0 Å². The predicted molar refractivity (Wildman–Crippen MR) is 108 cm³/mol. The highest BCUT2D eigenvalue weighted by Crippen LogP contribution is 2.27. The molecule has 3 aromatic rings. The first-order valence-electron chi connectivity index (χ1n) is 10.0. The molecule has 0 saturated carbocycles. The Hall–Kier alpha value is -3.24. The average Bonchev–Trinajstić information content (AvgIpc) is 3.38. The Morgan fingerprint density at radius 2 is 1.90 bits per heavy atom. The lowest BCUT2D eigenvalue weighted by molar-refractivity contribution is -0.144. The summed E-state index contributed by atoms with van der Waals surface area (Å²) in [7, 11) is 0. The summed E-state index contributed by atoms with van der Waals surface area (Å²) in [5.41, 5.74) is 2.27. The van der Waals surface area contributed by atoms with Crippen LogP contribution in [0.2, 0.25) is 0 Å². The van der Waals surface area contributed by atoms with Gasteiger partial charge in [-0.1, -0.05) is 0 Å². The number of carbonyl (C=O) groups is 1. The number of nitrogens with zero attached hydrogens (tertiary/aromatic N) is 6. The SMILES string of the molecule is Cc1nc2nc(C(F)(F)F)nn2c(C)c1CCC(=O)Nc1ccc(N2CCCC2)nc1. The lowest BCUT2D eigenvalue weighted by Crippen LogP contribution is -2.19. The Morgan fingerprint density at radius 1 is 1.16 bits per heavy atom. The zero-order chi connectivity index (χ0) is 22.2. The van der Waals surface area contributed by atoms with Crippen molar-refractivity contribution in [3.05, 3.63) is 41.1 Å². The van der Waals surface area contributed by atoms with E-state index < -0.39 is 12.0 Å². The van der Waals surface area contributed by atoms with Gasteiger partial charge >= 0.3 is 6.18 Å². The largest absolute Gasteiger partial charge is 0.453 e. The number of nitrogens with one attached hydrogen (secondary N) is 1. The van der Waals surface area contributed by atoms with E-state index in [-0.39, 0.29) is 18.1 Å². The van der Waals surface area contributed by atoms with Gasteiger partial charge in [-0.2, -0.15) is 18.2 Å². The molecule has 1 amide bonds. The molecule has 0 bridgehead atoms. The number of alkyl halides is 3. The molecule has 11 heteroatoms. The maximum Gasteiger partial charge on any atom is 0.453 e. The maximum absolute atomic E-state index is 12.9. The molecule has 0 atom stereocenters. The molecular formula is C20H22F3N7O. The van der Waals surface area contributed by atoms with Gasteiger partial charge in [0, 0.05) is 30.9 Å². The summed E-state index contributed by atoms with van der Waals surface area (Å²) in [6, 6.07) is 3.70.